The fourth-order valence-corrected chi connectivity index (χ4v) is 2.86. The Balaban J connectivity index is 1.71. The van der Waals surface area contributed by atoms with Gasteiger partial charge < -0.3 is 15.2 Å². The molecule has 102 valence electrons. The molecule has 2 atom stereocenters. The molecule has 0 spiro atoms. The minimum Gasteiger partial charge on any atom is -0.489 e. The van der Waals surface area contributed by atoms with Crippen LogP contribution in [-0.2, 0) is 4.79 Å². The van der Waals surface area contributed by atoms with Crippen molar-refractivity contribution in [2.24, 2.45) is 5.92 Å². The van der Waals surface area contributed by atoms with E-state index in [0.29, 0.717) is 19.1 Å². The molecule has 1 aliphatic heterocycles. The number of benzene rings is 1. The number of carboxylic acid groups (broad SMARTS) is 1. The summed E-state index contributed by atoms with van der Waals surface area (Å²) in [6, 6.07) is 6.13. The van der Waals surface area contributed by atoms with E-state index in [4.69, 9.17) is 9.84 Å². The Morgan fingerprint density at radius 1 is 1.42 bits per heavy atom. The number of carboxylic acids is 1. The first kappa shape index (κ1) is 12.9. The van der Waals surface area contributed by atoms with Gasteiger partial charge in [-0.3, -0.25) is 4.79 Å². The van der Waals surface area contributed by atoms with Crippen LogP contribution in [0.2, 0.25) is 0 Å². The summed E-state index contributed by atoms with van der Waals surface area (Å²) < 4.78 is 6.71. The summed E-state index contributed by atoms with van der Waals surface area (Å²) in [5.41, 5.74) is 1.11. The second-order valence-corrected chi connectivity index (χ2v) is 6.09. The lowest BCUT2D eigenvalue weighted by Crippen LogP contribution is -2.17. The van der Waals surface area contributed by atoms with Gasteiger partial charge in [0.15, 0.2) is 0 Å². The van der Waals surface area contributed by atoms with E-state index in [-0.39, 0.29) is 12.0 Å². The summed E-state index contributed by atoms with van der Waals surface area (Å²) in [4.78, 5) is 11.0. The molecule has 2 aliphatic rings. The van der Waals surface area contributed by atoms with Gasteiger partial charge in [0, 0.05) is 12.6 Å². The zero-order valence-electron chi connectivity index (χ0n) is 10.4. The van der Waals surface area contributed by atoms with Crippen LogP contribution in [0.1, 0.15) is 30.9 Å². The molecule has 1 saturated carbocycles. The largest absolute Gasteiger partial charge is 0.489 e. The quantitative estimate of drug-likeness (QED) is 0.893. The smallest absolute Gasteiger partial charge is 0.307 e. The van der Waals surface area contributed by atoms with Crippen LogP contribution < -0.4 is 10.1 Å². The monoisotopic (exact) mass is 325 g/mol. The van der Waals surface area contributed by atoms with Crippen molar-refractivity contribution in [2.75, 3.05) is 6.54 Å². The van der Waals surface area contributed by atoms with Crippen molar-refractivity contribution >= 4 is 21.9 Å². The topological polar surface area (TPSA) is 58.6 Å². The number of ether oxygens (including phenoxy) is 1. The second-order valence-electron chi connectivity index (χ2n) is 5.24. The first-order valence-corrected chi connectivity index (χ1v) is 7.35. The Morgan fingerprint density at radius 2 is 2.21 bits per heavy atom. The summed E-state index contributed by atoms with van der Waals surface area (Å²) in [6.07, 6.45) is 3.30. The number of hydrogen-bond acceptors (Lipinski definition) is 3. The average Bonchev–Trinajstić information content (AvgIpc) is 3.05. The third kappa shape index (κ3) is 2.92. The maximum atomic E-state index is 11.0. The van der Waals surface area contributed by atoms with Crippen molar-refractivity contribution in [3.63, 3.8) is 0 Å². The van der Waals surface area contributed by atoms with Crippen molar-refractivity contribution in [1.82, 2.24) is 5.32 Å². The minimum atomic E-state index is -0.720. The summed E-state index contributed by atoms with van der Waals surface area (Å²) in [7, 11) is 0. The van der Waals surface area contributed by atoms with E-state index in [9.17, 15) is 4.79 Å². The van der Waals surface area contributed by atoms with E-state index in [1.54, 1.807) is 0 Å². The third-order valence-corrected chi connectivity index (χ3v) is 4.28. The SMILES string of the molecule is O=C(O)C1CNC(c2ccc(OC3CC3)c(Br)c2)C1. The number of halogens is 1. The standard InChI is InChI=1S/C14H16BrNO3/c15-11-5-8(1-4-13(11)19-10-2-3-10)12-6-9(7-16-12)14(17)18/h1,4-5,9-10,12,16H,2-3,6-7H2,(H,17,18). The highest BCUT2D eigenvalue weighted by Gasteiger charge is 2.30. The van der Waals surface area contributed by atoms with E-state index in [1.807, 2.05) is 18.2 Å². The number of carbonyl (C=O) groups is 1. The molecule has 4 nitrogen and oxygen atoms in total. The molecule has 1 aliphatic carbocycles. The van der Waals surface area contributed by atoms with Crippen LogP contribution in [-0.4, -0.2) is 23.7 Å². The van der Waals surface area contributed by atoms with Gasteiger partial charge in [-0.1, -0.05) is 6.07 Å². The normalized spacial score (nSPS) is 26.4. The lowest BCUT2D eigenvalue weighted by atomic mass is 10.0. The molecule has 0 radical (unpaired) electrons. The first-order valence-electron chi connectivity index (χ1n) is 6.56. The van der Waals surface area contributed by atoms with Crippen molar-refractivity contribution in [3.8, 4) is 5.75 Å². The zero-order valence-corrected chi connectivity index (χ0v) is 12.0. The minimum absolute atomic E-state index is 0.118. The predicted molar refractivity (Wildman–Crippen MR) is 74.3 cm³/mol. The van der Waals surface area contributed by atoms with E-state index < -0.39 is 5.97 Å². The molecule has 2 unspecified atom stereocenters. The predicted octanol–water partition coefficient (Wildman–Crippen LogP) is 2.73. The van der Waals surface area contributed by atoms with Gasteiger partial charge in [-0.2, -0.15) is 0 Å². The molecular weight excluding hydrogens is 310 g/mol. The summed E-state index contributed by atoms with van der Waals surface area (Å²) in [5, 5.41) is 12.3. The van der Waals surface area contributed by atoms with E-state index in [1.165, 1.54) is 0 Å². The molecule has 0 bridgehead atoms. The Hall–Kier alpha value is -1.07. The maximum Gasteiger partial charge on any atom is 0.307 e. The molecule has 1 heterocycles. The zero-order chi connectivity index (χ0) is 13.4. The first-order chi connectivity index (χ1) is 9.13. The third-order valence-electron chi connectivity index (χ3n) is 3.66. The van der Waals surface area contributed by atoms with Gasteiger partial charge >= 0.3 is 5.97 Å². The van der Waals surface area contributed by atoms with Gasteiger partial charge in [-0.15, -0.1) is 0 Å². The van der Waals surface area contributed by atoms with Crippen LogP contribution in [0.3, 0.4) is 0 Å². The van der Waals surface area contributed by atoms with Gasteiger partial charge in [0.2, 0.25) is 0 Å². The van der Waals surface area contributed by atoms with Gasteiger partial charge in [0.25, 0.3) is 0 Å². The van der Waals surface area contributed by atoms with Crippen LogP contribution in [0, 0.1) is 5.92 Å². The highest BCUT2D eigenvalue weighted by Crippen LogP contribution is 2.35. The molecule has 0 amide bonds. The van der Waals surface area contributed by atoms with Gasteiger partial charge in [-0.05, 0) is 52.9 Å². The van der Waals surface area contributed by atoms with Crippen LogP contribution >= 0.6 is 15.9 Å². The molecule has 19 heavy (non-hydrogen) atoms. The summed E-state index contributed by atoms with van der Waals surface area (Å²) in [6.45, 7) is 0.540. The van der Waals surface area contributed by atoms with Crippen LogP contribution in [0.4, 0.5) is 0 Å². The van der Waals surface area contributed by atoms with E-state index in [0.717, 1.165) is 28.6 Å². The Kier molecular flexibility index (Phi) is 3.50. The van der Waals surface area contributed by atoms with Crippen molar-refractivity contribution in [1.29, 1.82) is 0 Å². The summed E-state index contributed by atoms with van der Waals surface area (Å²) >= 11 is 3.53. The highest BCUT2D eigenvalue weighted by molar-refractivity contribution is 9.10. The molecule has 2 fully saturated rings. The van der Waals surface area contributed by atoms with Crippen molar-refractivity contribution in [2.45, 2.75) is 31.4 Å². The van der Waals surface area contributed by atoms with Crippen LogP contribution in [0.15, 0.2) is 22.7 Å². The molecule has 1 aromatic carbocycles. The maximum absolute atomic E-state index is 11.0. The van der Waals surface area contributed by atoms with Crippen LogP contribution in [0.5, 0.6) is 5.75 Å². The van der Waals surface area contributed by atoms with Gasteiger partial charge in [0.1, 0.15) is 5.75 Å². The van der Waals surface area contributed by atoms with Gasteiger partial charge in [-0.25, -0.2) is 0 Å². The highest BCUT2D eigenvalue weighted by atomic mass is 79.9. The number of aliphatic carboxylic acids is 1. The Bertz CT molecular complexity index is 501. The number of hydrogen-bond donors (Lipinski definition) is 2. The molecule has 1 saturated heterocycles. The fourth-order valence-electron chi connectivity index (χ4n) is 2.37. The average molecular weight is 326 g/mol. The molecule has 3 rings (SSSR count). The number of rotatable bonds is 4. The lowest BCUT2D eigenvalue weighted by Gasteiger charge is -2.13. The summed E-state index contributed by atoms with van der Waals surface area (Å²) in [5.74, 6) is -0.132. The molecule has 5 heteroatoms. The second kappa shape index (κ2) is 5.13. The number of nitrogens with one attached hydrogen (secondary N) is 1. The molecule has 1 aromatic rings. The van der Waals surface area contributed by atoms with Crippen molar-refractivity contribution in [3.05, 3.63) is 28.2 Å². The lowest BCUT2D eigenvalue weighted by molar-refractivity contribution is -0.141. The Labute approximate surface area is 120 Å². The fraction of sp³-hybridized carbons (Fsp3) is 0.500. The molecular formula is C14H16BrNO3. The van der Waals surface area contributed by atoms with E-state index >= 15 is 0 Å². The molecule has 2 N–H and O–H groups in total. The Morgan fingerprint density at radius 3 is 2.79 bits per heavy atom. The van der Waals surface area contributed by atoms with Crippen LogP contribution in [0.25, 0.3) is 0 Å². The van der Waals surface area contributed by atoms with E-state index in [2.05, 4.69) is 21.2 Å². The van der Waals surface area contributed by atoms with Gasteiger partial charge in [0.05, 0.1) is 16.5 Å². The van der Waals surface area contributed by atoms with Crippen molar-refractivity contribution < 1.29 is 14.6 Å². The molecule has 0 aromatic heterocycles.